The Morgan fingerprint density at radius 2 is 0.314 bits per heavy atom. The first-order valence-corrected chi connectivity index (χ1v) is 22.2. The minimum Gasteiger partial charge on any atom is -0.0649 e. The first kappa shape index (κ1) is 63.0. The maximum atomic E-state index is 2.34. The predicted octanol–water partition coefficient (Wildman–Crippen LogP) is 19.2. The zero-order valence-corrected chi connectivity index (χ0v) is 43.3. The Morgan fingerprint density at radius 3 is 0.314 bits per heavy atom. The maximum absolute atomic E-state index is 2.34. The molecule has 51 heavy (non-hydrogen) atoms. The van der Waals surface area contributed by atoms with E-state index in [0.717, 1.165) is 53.3 Å². The van der Waals surface area contributed by atoms with Crippen molar-refractivity contribution in [3.05, 3.63) is 0 Å². The second-order valence-corrected chi connectivity index (χ2v) is 22.9. The lowest BCUT2D eigenvalue weighted by Gasteiger charge is -2.33. The van der Waals surface area contributed by atoms with Crippen molar-refractivity contribution in [2.24, 2.45) is 85.8 Å². The number of rotatable bonds is 12. The van der Waals surface area contributed by atoms with E-state index in [-0.39, 0.29) is 0 Å². The SMILES string of the molecule is CC(C)C(C)(C)C(C)C.CC(C)C(C)(C)C(C)C.CC(C)C(C)(C)C(C)C.CCC(C)(C)C(C)C.CCC(C)(C)C(C)C.CCC(C)(C)C(C)C. The summed E-state index contributed by atoms with van der Waals surface area (Å²) in [5.74, 6) is 7.17. The number of hydrogen-bond acceptors (Lipinski definition) is 0. The van der Waals surface area contributed by atoms with Crippen LogP contribution < -0.4 is 0 Å². The Kier molecular flexibility index (Phi) is 34.0. The van der Waals surface area contributed by atoms with E-state index in [9.17, 15) is 0 Å². The fourth-order valence-electron chi connectivity index (χ4n) is 3.22. The van der Waals surface area contributed by atoms with E-state index in [1.807, 2.05) is 0 Å². The fraction of sp³-hybridized carbons (Fsp3) is 1.00. The van der Waals surface area contributed by atoms with Gasteiger partial charge in [-0.05, 0) is 85.8 Å². The summed E-state index contributed by atoms with van der Waals surface area (Å²) in [6.45, 7) is 75.9. The molecule has 318 valence electrons. The highest BCUT2D eigenvalue weighted by Crippen LogP contribution is 2.36. The minimum atomic E-state index is 0.500. The van der Waals surface area contributed by atoms with E-state index in [2.05, 4.69) is 228 Å². The zero-order chi connectivity index (χ0) is 43.3. The van der Waals surface area contributed by atoms with Gasteiger partial charge in [0.2, 0.25) is 0 Å². The van der Waals surface area contributed by atoms with E-state index in [1.165, 1.54) is 19.3 Å². The summed E-state index contributed by atoms with van der Waals surface area (Å²) in [6.07, 6.45) is 3.85. The van der Waals surface area contributed by atoms with Gasteiger partial charge >= 0.3 is 0 Å². The standard InChI is InChI=1S/3C9H20.3C8H18/c3*1-7(2)9(5,6)8(3)4;3*1-6-8(4,5)7(2)3/h3*7-8H,1-6H3;3*7H,6H2,1-5H3. The van der Waals surface area contributed by atoms with Crippen molar-refractivity contribution in [3.8, 4) is 0 Å². The molecule has 0 saturated heterocycles. The molecule has 0 aliphatic carbocycles. The number of hydrogen-bond donors (Lipinski definition) is 0. The van der Waals surface area contributed by atoms with Crippen LogP contribution in [0.4, 0.5) is 0 Å². The second kappa shape index (κ2) is 27.6. The molecule has 0 aromatic rings. The molecule has 0 aliphatic rings. The molecular weight excluding hydrogens is 613 g/mol. The van der Waals surface area contributed by atoms with Gasteiger partial charge in [0, 0.05) is 0 Å². The van der Waals surface area contributed by atoms with E-state index in [0.29, 0.717) is 32.5 Å². The van der Waals surface area contributed by atoms with Crippen LogP contribution in [-0.4, -0.2) is 0 Å². The molecule has 0 N–H and O–H groups in total. The molecule has 0 unspecified atom stereocenters. The molecule has 0 bridgehead atoms. The second-order valence-electron chi connectivity index (χ2n) is 22.9. The predicted molar refractivity (Wildman–Crippen MR) is 247 cm³/mol. The van der Waals surface area contributed by atoms with Crippen molar-refractivity contribution in [1.29, 1.82) is 0 Å². The van der Waals surface area contributed by atoms with Crippen molar-refractivity contribution in [2.45, 2.75) is 248 Å². The summed E-state index contributed by atoms with van der Waals surface area (Å²) in [4.78, 5) is 0. The van der Waals surface area contributed by atoms with Gasteiger partial charge in [0.15, 0.2) is 0 Å². The third-order valence-corrected chi connectivity index (χ3v) is 16.4. The molecule has 0 saturated carbocycles. The summed E-state index contributed by atoms with van der Waals surface area (Å²) in [5.41, 5.74) is 3.13. The van der Waals surface area contributed by atoms with Crippen LogP contribution in [0.1, 0.15) is 248 Å². The lowest BCUT2D eigenvalue weighted by atomic mass is 9.72. The molecular formula is C51H114. The van der Waals surface area contributed by atoms with Gasteiger partial charge in [-0.3, -0.25) is 0 Å². The first-order valence-electron chi connectivity index (χ1n) is 22.2. The maximum Gasteiger partial charge on any atom is -0.0308 e. The Hall–Kier alpha value is 0. The minimum absolute atomic E-state index is 0.500. The third kappa shape index (κ3) is 29.0. The van der Waals surface area contributed by atoms with Gasteiger partial charge in [0.1, 0.15) is 0 Å². The van der Waals surface area contributed by atoms with Crippen LogP contribution in [0.15, 0.2) is 0 Å². The summed E-state index contributed by atoms with van der Waals surface area (Å²) in [5, 5.41) is 0. The van der Waals surface area contributed by atoms with Gasteiger partial charge in [-0.25, -0.2) is 0 Å². The van der Waals surface area contributed by atoms with E-state index in [1.54, 1.807) is 0 Å². The summed E-state index contributed by atoms with van der Waals surface area (Å²) in [7, 11) is 0. The van der Waals surface area contributed by atoms with Crippen LogP contribution in [0.25, 0.3) is 0 Å². The van der Waals surface area contributed by atoms with Crippen LogP contribution in [-0.2, 0) is 0 Å². The molecule has 0 rings (SSSR count). The molecule has 0 aromatic heterocycles. The quantitative estimate of drug-likeness (QED) is 0.188. The van der Waals surface area contributed by atoms with Gasteiger partial charge < -0.3 is 0 Å². The van der Waals surface area contributed by atoms with Crippen LogP contribution in [0.3, 0.4) is 0 Å². The van der Waals surface area contributed by atoms with Crippen molar-refractivity contribution in [1.82, 2.24) is 0 Å². The largest absolute Gasteiger partial charge is 0.0649 e. The molecule has 0 aliphatic heterocycles. The average molecular weight is 727 g/mol. The Morgan fingerprint density at radius 1 is 0.216 bits per heavy atom. The third-order valence-electron chi connectivity index (χ3n) is 16.4. The highest BCUT2D eigenvalue weighted by molar-refractivity contribution is 4.77. The lowest BCUT2D eigenvalue weighted by molar-refractivity contribution is 0.165. The van der Waals surface area contributed by atoms with E-state index in [4.69, 9.17) is 0 Å². The lowest BCUT2D eigenvalue weighted by Crippen LogP contribution is -2.25. The van der Waals surface area contributed by atoms with Crippen molar-refractivity contribution < 1.29 is 0 Å². The summed E-state index contributed by atoms with van der Waals surface area (Å²) < 4.78 is 0. The molecule has 0 amide bonds. The molecule has 0 fully saturated rings. The molecule has 0 atom stereocenters. The first-order chi connectivity index (χ1) is 22.2. The van der Waals surface area contributed by atoms with Crippen LogP contribution in [0.5, 0.6) is 0 Å². The Bertz CT molecular complexity index is 621. The van der Waals surface area contributed by atoms with Crippen molar-refractivity contribution in [2.75, 3.05) is 0 Å². The van der Waals surface area contributed by atoms with Gasteiger partial charge in [0.25, 0.3) is 0 Å². The zero-order valence-electron chi connectivity index (χ0n) is 43.3. The van der Waals surface area contributed by atoms with Crippen molar-refractivity contribution >= 4 is 0 Å². The molecule has 0 heteroatoms. The van der Waals surface area contributed by atoms with E-state index < -0.39 is 0 Å². The van der Waals surface area contributed by atoms with Crippen LogP contribution in [0, 0.1) is 85.8 Å². The highest BCUT2D eigenvalue weighted by atomic mass is 14.3. The van der Waals surface area contributed by atoms with Gasteiger partial charge in [-0.1, -0.05) is 248 Å². The van der Waals surface area contributed by atoms with Crippen LogP contribution in [0.2, 0.25) is 0 Å². The van der Waals surface area contributed by atoms with Gasteiger partial charge in [-0.15, -0.1) is 0 Å². The molecule has 0 heterocycles. The van der Waals surface area contributed by atoms with Gasteiger partial charge in [0.05, 0.1) is 0 Å². The normalized spacial score (nSPS) is 13.1. The van der Waals surface area contributed by atoms with Crippen molar-refractivity contribution in [3.63, 3.8) is 0 Å². The molecule has 0 radical (unpaired) electrons. The monoisotopic (exact) mass is 727 g/mol. The summed E-state index contributed by atoms with van der Waals surface area (Å²) >= 11 is 0. The smallest absolute Gasteiger partial charge is 0.0308 e. The highest BCUT2D eigenvalue weighted by Gasteiger charge is 2.27. The molecule has 0 spiro atoms. The Balaban J connectivity index is -0.000000119. The van der Waals surface area contributed by atoms with E-state index >= 15 is 0 Å². The van der Waals surface area contributed by atoms with Gasteiger partial charge in [-0.2, -0.15) is 0 Å². The summed E-state index contributed by atoms with van der Waals surface area (Å²) in [6, 6.07) is 0. The topological polar surface area (TPSA) is 0 Å². The molecule has 0 nitrogen and oxygen atoms in total. The average Bonchev–Trinajstić information content (AvgIpc) is 2.97. The van der Waals surface area contributed by atoms with Crippen LogP contribution >= 0.6 is 0 Å². The fourth-order valence-corrected chi connectivity index (χ4v) is 3.22. The molecule has 0 aromatic carbocycles. The Labute approximate surface area is 332 Å².